The van der Waals surface area contributed by atoms with Crippen LogP contribution in [0.4, 0.5) is 0 Å². The fourth-order valence-electron chi connectivity index (χ4n) is 1.31. The predicted octanol–water partition coefficient (Wildman–Crippen LogP) is 1.59. The lowest BCUT2D eigenvalue weighted by molar-refractivity contribution is -0.161. The molecule has 0 aliphatic carbocycles. The molecule has 1 heterocycles. The van der Waals surface area contributed by atoms with Crippen LogP contribution in [0, 0.1) is 11.8 Å². The average Bonchev–Trinajstić information content (AvgIpc) is 1.82. The molecule has 1 aliphatic rings. The van der Waals surface area contributed by atoms with E-state index < -0.39 is 0 Å². The smallest absolute Gasteiger partial charge is 0.309 e. The molecule has 0 aromatic carbocycles. The molecule has 3 atom stereocenters. The van der Waals surface area contributed by atoms with Gasteiger partial charge in [0.1, 0.15) is 0 Å². The number of hydrogen-bond donors (Lipinski definition) is 0. The molecule has 1 rings (SSSR count). The number of carbonyl (C=O) groups is 1. The highest BCUT2D eigenvalue weighted by molar-refractivity contribution is 5.73. The molecule has 0 bridgehead atoms. The summed E-state index contributed by atoms with van der Waals surface area (Å²) >= 11 is 0. The second-order valence-electron chi connectivity index (χ2n) is 3.25. The molecular formula is C8H14O2. The largest absolute Gasteiger partial charge is 0.462 e. The van der Waals surface area contributed by atoms with Gasteiger partial charge in [-0.15, -0.1) is 0 Å². The Morgan fingerprint density at radius 3 is 2.50 bits per heavy atom. The molecule has 2 heteroatoms. The standard InChI is InChI=1S/C8H14O2/c1-5-4-6(2)10-8(9)7(5)3/h5-7H,4H2,1-3H3/t5?,6-,7-/m0/s1. The minimum Gasteiger partial charge on any atom is -0.462 e. The van der Waals surface area contributed by atoms with Crippen molar-refractivity contribution in [1.82, 2.24) is 0 Å². The van der Waals surface area contributed by atoms with E-state index in [1.54, 1.807) is 0 Å². The van der Waals surface area contributed by atoms with E-state index in [-0.39, 0.29) is 18.0 Å². The van der Waals surface area contributed by atoms with Gasteiger partial charge in [-0.2, -0.15) is 0 Å². The maximum atomic E-state index is 11.0. The minimum absolute atomic E-state index is 0.0359. The Morgan fingerprint density at radius 1 is 1.40 bits per heavy atom. The fraction of sp³-hybridized carbons (Fsp3) is 0.875. The van der Waals surface area contributed by atoms with Gasteiger partial charge >= 0.3 is 5.97 Å². The molecule has 0 saturated carbocycles. The molecule has 2 nitrogen and oxygen atoms in total. The molecule has 0 aromatic rings. The van der Waals surface area contributed by atoms with E-state index in [4.69, 9.17) is 4.74 Å². The van der Waals surface area contributed by atoms with E-state index in [1.807, 2.05) is 13.8 Å². The molecule has 0 radical (unpaired) electrons. The molecule has 1 unspecified atom stereocenters. The molecule has 10 heavy (non-hydrogen) atoms. The zero-order valence-corrected chi connectivity index (χ0v) is 6.76. The zero-order chi connectivity index (χ0) is 7.72. The number of cyclic esters (lactones) is 1. The van der Waals surface area contributed by atoms with Gasteiger partial charge in [0.2, 0.25) is 0 Å². The summed E-state index contributed by atoms with van der Waals surface area (Å²) in [6.45, 7) is 5.97. The monoisotopic (exact) mass is 142 g/mol. The molecule has 0 spiro atoms. The Bertz CT molecular complexity index is 142. The number of hydrogen-bond acceptors (Lipinski definition) is 2. The van der Waals surface area contributed by atoms with Crippen LogP contribution < -0.4 is 0 Å². The molecular weight excluding hydrogens is 128 g/mol. The first kappa shape index (κ1) is 7.58. The Hall–Kier alpha value is -0.530. The van der Waals surface area contributed by atoms with Gasteiger partial charge in [-0.25, -0.2) is 0 Å². The number of esters is 1. The van der Waals surface area contributed by atoms with Crippen LogP contribution in [-0.2, 0) is 9.53 Å². The maximum absolute atomic E-state index is 11.0. The Kier molecular flexibility index (Phi) is 1.97. The van der Waals surface area contributed by atoms with Gasteiger partial charge in [0, 0.05) is 0 Å². The molecule has 1 saturated heterocycles. The first-order chi connectivity index (χ1) is 4.61. The normalized spacial score (nSPS) is 41.1. The van der Waals surface area contributed by atoms with E-state index in [1.165, 1.54) is 0 Å². The summed E-state index contributed by atoms with van der Waals surface area (Å²) in [5, 5.41) is 0. The van der Waals surface area contributed by atoms with Crippen molar-refractivity contribution in [2.75, 3.05) is 0 Å². The van der Waals surface area contributed by atoms with Crippen molar-refractivity contribution in [2.45, 2.75) is 33.3 Å². The Morgan fingerprint density at radius 2 is 2.00 bits per heavy atom. The van der Waals surface area contributed by atoms with Gasteiger partial charge in [-0.1, -0.05) is 13.8 Å². The highest BCUT2D eigenvalue weighted by Crippen LogP contribution is 2.25. The van der Waals surface area contributed by atoms with Crippen molar-refractivity contribution < 1.29 is 9.53 Å². The van der Waals surface area contributed by atoms with Gasteiger partial charge in [-0.05, 0) is 19.3 Å². The van der Waals surface area contributed by atoms with Gasteiger partial charge in [0.05, 0.1) is 12.0 Å². The van der Waals surface area contributed by atoms with Gasteiger partial charge in [0.25, 0.3) is 0 Å². The molecule has 1 fully saturated rings. The van der Waals surface area contributed by atoms with Crippen molar-refractivity contribution >= 4 is 5.97 Å². The maximum Gasteiger partial charge on any atom is 0.309 e. The van der Waals surface area contributed by atoms with Crippen molar-refractivity contribution in [3.8, 4) is 0 Å². The van der Waals surface area contributed by atoms with Crippen LogP contribution >= 0.6 is 0 Å². The third-order valence-corrected chi connectivity index (χ3v) is 2.25. The average molecular weight is 142 g/mol. The molecule has 0 aromatic heterocycles. The van der Waals surface area contributed by atoms with E-state index in [0.29, 0.717) is 5.92 Å². The first-order valence-corrected chi connectivity index (χ1v) is 3.81. The molecule has 1 aliphatic heterocycles. The quantitative estimate of drug-likeness (QED) is 0.480. The Balaban J connectivity index is 2.57. The lowest BCUT2D eigenvalue weighted by Crippen LogP contribution is -2.33. The van der Waals surface area contributed by atoms with Crippen molar-refractivity contribution in [3.63, 3.8) is 0 Å². The second-order valence-corrected chi connectivity index (χ2v) is 3.25. The number of rotatable bonds is 0. The lowest BCUT2D eigenvalue weighted by Gasteiger charge is -2.28. The zero-order valence-electron chi connectivity index (χ0n) is 6.76. The first-order valence-electron chi connectivity index (χ1n) is 3.81. The summed E-state index contributed by atoms with van der Waals surface area (Å²) < 4.78 is 5.03. The highest BCUT2D eigenvalue weighted by atomic mass is 16.5. The van der Waals surface area contributed by atoms with Crippen LogP contribution in [0.25, 0.3) is 0 Å². The Labute approximate surface area is 61.6 Å². The van der Waals surface area contributed by atoms with Crippen LogP contribution in [0.3, 0.4) is 0 Å². The van der Waals surface area contributed by atoms with Crippen molar-refractivity contribution in [3.05, 3.63) is 0 Å². The van der Waals surface area contributed by atoms with Crippen LogP contribution in [0.5, 0.6) is 0 Å². The fourth-order valence-corrected chi connectivity index (χ4v) is 1.31. The third kappa shape index (κ3) is 1.31. The van der Waals surface area contributed by atoms with Crippen LogP contribution in [0.15, 0.2) is 0 Å². The van der Waals surface area contributed by atoms with Gasteiger partial charge < -0.3 is 4.74 Å². The lowest BCUT2D eigenvalue weighted by atomic mass is 9.88. The van der Waals surface area contributed by atoms with E-state index in [2.05, 4.69) is 6.92 Å². The van der Waals surface area contributed by atoms with Crippen LogP contribution in [0.1, 0.15) is 27.2 Å². The summed E-state index contributed by atoms with van der Waals surface area (Å²) in [6, 6.07) is 0. The molecule has 58 valence electrons. The van der Waals surface area contributed by atoms with E-state index in [0.717, 1.165) is 6.42 Å². The van der Waals surface area contributed by atoms with Gasteiger partial charge in [0.15, 0.2) is 0 Å². The second kappa shape index (κ2) is 2.60. The van der Waals surface area contributed by atoms with E-state index >= 15 is 0 Å². The topological polar surface area (TPSA) is 26.3 Å². The van der Waals surface area contributed by atoms with Crippen LogP contribution in [0.2, 0.25) is 0 Å². The molecule has 0 N–H and O–H groups in total. The van der Waals surface area contributed by atoms with Crippen molar-refractivity contribution in [2.24, 2.45) is 11.8 Å². The van der Waals surface area contributed by atoms with Crippen LogP contribution in [-0.4, -0.2) is 12.1 Å². The number of ether oxygens (including phenoxy) is 1. The predicted molar refractivity (Wildman–Crippen MR) is 38.5 cm³/mol. The van der Waals surface area contributed by atoms with E-state index in [9.17, 15) is 4.79 Å². The minimum atomic E-state index is -0.0359. The summed E-state index contributed by atoms with van der Waals surface area (Å²) in [5.74, 6) is 0.540. The third-order valence-electron chi connectivity index (χ3n) is 2.25. The summed E-state index contributed by atoms with van der Waals surface area (Å²) in [4.78, 5) is 11.0. The highest BCUT2D eigenvalue weighted by Gasteiger charge is 2.29. The van der Waals surface area contributed by atoms with Gasteiger partial charge in [-0.3, -0.25) is 4.79 Å². The summed E-state index contributed by atoms with van der Waals surface area (Å²) in [7, 11) is 0. The summed E-state index contributed by atoms with van der Waals surface area (Å²) in [5.41, 5.74) is 0. The molecule has 0 amide bonds. The number of carbonyl (C=O) groups excluding carboxylic acids is 1. The van der Waals surface area contributed by atoms with Crippen molar-refractivity contribution in [1.29, 1.82) is 0 Å². The summed E-state index contributed by atoms with van der Waals surface area (Å²) in [6.07, 6.45) is 1.13. The SMILES string of the molecule is CC1C[C@H](C)OC(=O)[C@H]1C.